The van der Waals surface area contributed by atoms with Crippen molar-refractivity contribution >= 4 is 34.4 Å². The molecule has 0 atom stereocenters. The van der Waals surface area contributed by atoms with Crippen molar-refractivity contribution < 1.29 is 14.1 Å². The molecule has 5 rings (SSSR count). The molecule has 9 heteroatoms. The van der Waals surface area contributed by atoms with Crippen LogP contribution in [0.1, 0.15) is 41.4 Å². The minimum Gasteiger partial charge on any atom is -0.335 e. The average Bonchev–Trinajstić information content (AvgIpc) is 3.24. The van der Waals surface area contributed by atoms with Gasteiger partial charge in [-0.25, -0.2) is 9.78 Å². The Balaban J connectivity index is 1.56. The van der Waals surface area contributed by atoms with Gasteiger partial charge in [-0.3, -0.25) is 9.78 Å². The number of pyridine rings is 2. The van der Waals surface area contributed by atoms with Gasteiger partial charge >= 0.3 is 6.03 Å². The van der Waals surface area contributed by atoms with Crippen LogP contribution in [0.3, 0.4) is 0 Å². The first-order valence-corrected chi connectivity index (χ1v) is 10.6. The molecule has 9 nitrogen and oxygen atoms in total. The van der Waals surface area contributed by atoms with Gasteiger partial charge in [0.25, 0.3) is 11.6 Å². The van der Waals surface area contributed by atoms with Crippen molar-refractivity contribution in [1.29, 1.82) is 0 Å². The highest BCUT2D eigenvalue weighted by Crippen LogP contribution is 2.32. The third-order valence-electron chi connectivity index (χ3n) is 5.58. The van der Waals surface area contributed by atoms with E-state index in [1.165, 1.54) is 0 Å². The Morgan fingerprint density at radius 1 is 1.24 bits per heavy atom. The van der Waals surface area contributed by atoms with Gasteiger partial charge in [0.15, 0.2) is 0 Å². The first-order chi connectivity index (χ1) is 15.9. The molecule has 166 valence electrons. The number of urea groups is 1. The molecule has 0 fully saturated rings. The molecule has 0 saturated carbocycles. The van der Waals surface area contributed by atoms with E-state index in [-0.39, 0.29) is 17.9 Å². The predicted octanol–water partition coefficient (Wildman–Crippen LogP) is 4.64. The molecule has 4 heterocycles. The summed E-state index contributed by atoms with van der Waals surface area (Å²) in [5, 5.41) is 10.6. The summed E-state index contributed by atoms with van der Waals surface area (Å²) in [4.78, 5) is 35.6. The maximum absolute atomic E-state index is 13.5. The van der Waals surface area contributed by atoms with Crippen LogP contribution >= 0.6 is 0 Å². The molecular formula is C24H22N6O3. The summed E-state index contributed by atoms with van der Waals surface area (Å²) in [5.41, 5.74) is 5.02. The lowest BCUT2D eigenvalue weighted by Crippen LogP contribution is -2.35. The standard InChI is InChI=1S/C24H22N6O3/c1-13(2)21-20-17(10-19(27-23(20)33-29-21)14-5-4-8-25-11-14)22(31)26-16-6-7-18-15(9-16)12-30(3)24(32)28-18/h4-11,13H,12H2,1-3H3,(H,26,31)(H,28,32). The molecule has 0 radical (unpaired) electrons. The highest BCUT2D eigenvalue weighted by atomic mass is 16.5. The molecule has 4 aromatic rings. The van der Waals surface area contributed by atoms with Crippen LogP contribution < -0.4 is 10.6 Å². The van der Waals surface area contributed by atoms with Gasteiger partial charge in [0.05, 0.1) is 22.3 Å². The Morgan fingerprint density at radius 2 is 2.09 bits per heavy atom. The number of nitrogens with zero attached hydrogens (tertiary/aromatic N) is 4. The summed E-state index contributed by atoms with van der Waals surface area (Å²) in [6.07, 6.45) is 3.36. The highest BCUT2D eigenvalue weighted by Gasteiger charge is 2.24. The molecule has 1 aliphatic rings. The molecule has 1 aromatic carbocycles. The number of aromatic nitrogens is 3. The van der Waals surface area contributed by atoms with Gasteiger partial charge in [-0.2, -0.15) is 0 Å². The van der Waals surface area contributed by atoms with Crippen LogP contribution in [-0.2, 0) is 6.54 Å². The minimum absolute atomic E-state index is 0.0479. The molecule has 0 bridgehead atoms. The fourth-order valence-electron chi connectivity index (χ4n) is 3.87. The molecule has 3 aromatic heterocycles. The molecule has 1 aliphatic heterocycles. The summed E-state index contributed by atoms with van der Waals surface area (Å²) in [6.45, 7) is 4.43. The van der Waals surface area contributed by atoms with Crippen molar-refractivity contribution in [3.05, 3.63) is 65.6 Å². The monoisotopic (exact) mass is 442 g/mol. The topological polar surface area (TPSA) is 113 Å². The smallest absolute Gasteiger partial charge is 0.321 e. The third-order valence-corrected chi connectivity index (χ3v) is 5.58. The summed E-state index contributed by atoms with van der Waals surface area (Å²) < 4.78 is 5.50. The maximum atomic E-state index is 13.5. The zero-order valence-electron chi connectivity index (χ0n) is 18.4. The van der Waals surface area contributed by atoms with E-state index < -0.39 is 0 Å². The van der Waals surface area contributed by atoms with E-state index >= 15 is 0 Å². The van der Waals surface area contributed by atoms with Crippen LogP contribution in [0.5, 0.6) is 0 Å². The van der Waals surface area contributed by atoms with Crippen LogP contribution in [0.15, 0.2) is 53.3 Å². The number of benzene rings is 1. The number of rotatable bonds is 4. The van der Waals surface area contributed by atoms with Gasteiger partial charge in [0.2, 0.25) is 0 Å². The largest absolute Gasteiger partial charge is 0.335 e. The fourth-order valence-corrected chi connectivity index (χ4v) is 3.87. The van der Waals surface area contributed by atoms with Gasteiger partial charge in [-0.15, -0.1) is 0 Å². The van der Waals surface area contributed by atoms with E-state index in [1.54, 1.807) is 42.5 Å². The second kappa shape index (κ2) is 8.01. The second-order valence-electron chi connectivity index (χ2n) is 8.31. The molecule has 3 amide bonds. The zero-order valence-corrected chi connectivity index (χ0v) is 18.4. The predicted molar refractivity (Wildman–Crippen MR) is 124 cm³/mol. The lowest BCUT2D eigenvalue weighted by Gasteiger charge is -2.26. The van der Waals surface area contributed by atoms with Crippen molar-refractivity contribution in [3.8, 4) is 11.3 Å². The molecule has 33 heavy (non-hydrogen) atoms. The highest BCUT2D eigenvalue weighted by molar-refractivity contribution is 6.13. The number of anilines is 2. The molecule has 0 unspecified atom stereocenters. The third kappa shape index (κ3) is 3.78. The molecular weight excluding hydrogens is 420 g/mol. The van der Waals surface area contributed by atoms with Gasteiger partial charge in [-0.05, 0) is 47.9 Å². The lowest BCUT2D eigenvalue weighted by molar-refractivity contribution is 0.102. The number of carbonyl (C=O) groups is 2. The number of hydrogen-bond acceptors (Lipinski definition) is 6. The zero-order chi connectivity index (χ0) is 23.1. The van der Waals surface area contributed by atoms with E-state index in [4.69, 9.17) is 4.52 Å². The van der Waals surface area contributed by atoms with Crippen molar-refractivity contribution in [2.45, 2.75) is 26.3 Å². The number of fused-ring (bicyclic) bond motifs is 2. The van der Waals surface area contributed by atoms with Crippen molar-refractivity contribution in [3.63, 3.8) is 0 Å². The Bertz CT molecular complexity index is 1380. The number of hydrogen-bond donors (Lipinski definition) is 2. The Labute approximate surface area is 189 Å². The SMILES string of the molecule is CC(C)c1noc2nc(-c3cccnc3)cc(C(=O)Nc3ccc4c(c3)CN(C)C(=O)N4)c12. The summed E-state index contributed by atoms with van der Waals surface area (Å²) >= 11 is 0. The van der Waals surface area contributed by atoms with Crippen LogP contribution in [0.2, 0.25) is 0 Å². The molecule has 2 N–H and O–H groups in total. The Morgan fingerprint density at radius 3 is 2.85 bits per heavy atom. The van der Waals surface area contributed by atoms with E-state index in [9.17, 15) is 9.59 Å². The van der Waals surface area contributed by atoms with E-state index in [2.05, 4.69) is 25.8 Å². The van der Waals surface area contributed by atoms with E-state index in [1.807, 2.05) is 32.0 Å². The van der Waals surface area contributed by atoms with Gasteiger partial charge in [0.1, 0.15) is 0 Å². The lowest BCUT2D eigenvalue weighted by atomic mass is 10.0. The number of amides is 3. The van der Waals surface area contributed by atoms with Crippen LogP contribution in [0, 0.1) is 0 Å². The van der Waals surface area contributed by atoms with Crippen LogP contribution in [-0.4, -0.2) is 39.0 Å². The number of nitrogens with one attached hydrogen (secondary N) is 2. The summed E-state index contributed by atoms with van der Waals surface area (Å²) in [7, 11) is 1.72. The maximum Gasteiger partial charge on any atom is 0.321 e. The average molecular weight is 442 g/mol. The Kier molecular flexibility index (Phi) is 5.01. The quantitative estimate of drug-likeness (QED) is 0.476. The fraction of sp³-hybridized carbons (Fsp3) is 0.208. The first-order valence-electron chi connectivity index (χ1n) is 10.6. The van der Waals surface area contributed by atoms with Crippen LogP contribution in [0.25, 0.3) is 22.4 Å². The normalized spacial score (nSPS) is 13.2. The molecule has 0 spiro atoms. The molecule has 0 saturated heterocycles. The van der Waals surface area contributed by atoms with Crippen molar-refractivity contribution in [1.82, 2.24) is 20.0 Å². The van der Waals surface area contributed by atoms with Gasteiger partial charge in [-0.1, -0.05) is 19.0 Å². The second-order valence-corrected chi connectivity index (χ2v) is 8.31. The van der Waals surface area contributed by atoms with Crippen LogP contribution in [0.4, 0.5) is 16.2 Å². The van der Waals surface area contributed by atoms with Gasteiger partial charge in [0, 0.05) is 42.9 Å². The first kappa shape index (κ1) is 20.6. The summed E-state index contributed by atoms with van der Waals surface area (Å²) in [6, 6.07) is 10.7. The van der Waals surface area contributed by atoms with Gasteiger partial charge < -0.3 is 20.1 Å². The minimum atomic E-state index is -0.300. The van der Waals surface area contributed by atoms with E-state index in [0.29, 0.717) is 40.3 Å². The molecule has 0 aliphatic carbocycles. The Hall–Kier alpha value is -4.27. The van der Waals surface area contributed by atoms with Crippen molar-refractivity contribution in [2.24, 2.45) is 0 Å². The number of carbonyl (C=O) groups excluding carboxylic acids is 2. The summed E-state index contributed by atoms with van der Waals surface area (Å²) in [5.74, 6) is -0.252. The van der Waals surface area contributed by atoms with E-state index in [0.717, 1.165) is 16.8 Å². The van der Waals surface area contributed by atoms with Crippen molar-refractivity contribution in [2.75, 3.05) is 17.7 Å².